The van der Waals surface area contributed by atoms with Crippen molar-refractivity contribution in [2.75, 3.05) is 19.8 Å². The van der Waals surface area contributed by atoms with Gasteiger partial charge in [0.1, 0.15) is 0 Å². The van der Waals surface area contributed by atoms with Gasteiger partial charge in [-0.25, -0.2) is 0 Å². The molecule has 1 N–H and O–H groups in total. The fourth-order valence-corrected chi connectivity index (χ4v) is 3.11. The van der Waals surface area contributed by atoms with Crippen LogP contribution in [0, 0.1) is 11.8 Å². The first-order valence-electron chi connectivity index (χ1n) is 7.76. The molecule has 110 valence electrons. The van der Waals surface area contributed by atoms with Gasteiger partial charge in [0, 0.05) is 19.8 Å². The molecule has 0 saturated carbocycles. The fourth-order valence-electron chi connectivity index (χ4n) is 3.11. The van der Waals surface area contributed by atoms with E-state index in [1.807, 2.05) is 0 Å². The second-order valence-electron chi connectivity index (χ2n) is 6.32. The van der Waals surface area contributed by atoms with Crippen LogP contribution in [0.3, 0.4) is 0 Å². The Morgan fingerprint density at radius 1 is 1.37 bits per heavy atom. The Hall–Kier alpha value is -0.610. The zero-order valence-electron chi connectivity index (χ0n) is 12.5. The van der Waals surface area contributed by atoms with Crippen LogP contribution >= 0.6 is 0 Å². The molecular weight excluding hydrogens is 240 g/mol. The van der Waals surface area contributed by atoms with Gasteiger partial charge < -0.3 is 9.64 Å². The summed E-state index contributed by atoms with van der Waals surface area (Å²) < 4.78 is 5.41. The van der Waals surface area contributed by atoms with E-state index in [0.717, 1.165) is 45.4 Å². The molecule has 1 amide bonds. The Morgan fingerprint density at radius 3 is 2.63 bits per heavy atom. The highest BCUT2D eigenvalue weighted by Gasteiger charge is 2.38. The lowest BCUT2D eigenvalue weighted by atomic mass is 9.99. The second-order valence-corrected chi connectivity index (χ2v) is 6.32. The first kappa shape index (κ1) is 14.8. The molecule has 4 nitrogen and oxygen atoms in total. The molecule has 4 heteroatoms. The largest absolute Gasteiger partial charge is 0.381 e. The molecule has 0 spiro atoms. The number of nitrogens with one attached hydrogen (secondary N) is 1. The van der Waals surface area contributed by atoms with E-state index >= 15 is 0 Å². The Kier molecular flexibility index (Phi) is 5.22. The molecule has 2 fully saturated rings. The minimum atomic E-state index is 0.0311. The third kappa shape index (κ3) is 3.69. The lowest BCUT2D eigenvalue weighted by Crippen LogP contribution is -2.42. The topological polar surface area (TPSA) is 41.6 Å². The third-order valence-corrected chi connectivity index (χ3v) is 4.25. The Balaban J connectivity index is 1.98. The van der Waals surface area contributed by atoms with E-state index in [0.29, 0.717) is 17.7 Å². The Labute approximate surface area is 116 Å². The maximum atomic E-state index is 12.4. The summed E-state index contributed by atoms with van der Waals surface area (Å²) in [6.45, 7) is 9.14. The van der Waals surface area contributed by atoms with Crippen LogP contribution < -0.4 is 5.32 Å². The predicted molar refractivity (Wildman–Crippen MR) is 75.7 cm³/mol. The van der Waals surface area contributed by atoms with Crippen molar-refractivity contribution in [2.24, 2.45) is 11.8 Å². The van der Waals surface area contributed by atoms with Gasteiger partial charge in [0.15, 0.2) is 0 Å². The molecule has 2 heterocycles. The molecule has 0 aromatic rings. The number of ether oxygens (including phenoxy) is 1. The van der Waals surface area contributed by atoms with Gasteiger partial charge in [0.2, 0.25) is 5.91 Å². The Morgan fingerprint density at radius 2 is 2.05 bits per heavy atom. The van der Waals surface area contributed by atoms with Crippen molar-refractivity contribution in [3.63, 3.8) is 0 Å². The van der Waals surface area contributed by atoms with E-state index in [9.17, 15) is 4.79 Å². The van der Waals surface area contributed by atoms with Gasteiger partial charge in [-0.1, -0.05) is 20.8 Å². The standard InChI is InChI=1S/C15H28N2O2/c1-4-13-15(18)17(14(16-13)9-11(2)3)10-12-5-7-19-8-6-12/h11-14,16H,4-10H2,1-3H3. The van der Waals surface area contributed by atoms with Crippen molar-refractivity contribution in [3.8, 4) is 0 Å². The number of rotatable bonds is 5. The molecule has 0 aliphatic carbocycles. The summed E-state index contributed by atoms with van der Waals surface area (Å²) in [5, 5.41) is 3.51. The summed E-state index contributed by atoms with van der Waals surface area (Å²) in [6.07, 6.45) is 4.35. The van der Waals surface area contributed by atoms with Crippen LogP contribution in [0.2, 0.25) is 0 Å². The minimum Gasteiger partial charge on any atom is -0.381 e. The van der Waals surface area contributed by atoms with Crippen LogP contribution in [-0.2, 0) is 9.53 Å². The first-order chi connectivity index (χ1) is 9.11. The summed E-state index contributed by atoms with van der Waals surface area (Å²) in [7, 11) is 0. The van der Waals surface area contributed by atoms with Crippen LogP contribution in [0.5, 0.6) is 0 Å². The zero-order valence-corrected chi connectivity index (χ0v) is 12.5. The molecule has 0 aromatic heterocycles. The van der Waals surface area contributed by atoms with Crippen molar-refractivity contribution >= 4 is 5.91 Å². The maximum absolute atomic E-state index is 12.4. The van der Waals surface area contributed by atoms with Crippen LogP contribution in [-0.4, -0.2) is 42.8 Å². The average molecular weight is 268 g/mol. The van der Waals surface area contributed by atoms with E-state index in [4.69, 9.17) is 4.74 Å². The van der Waals surface area contributed by atoms with Gasteiger partial charge in [-0.2, -0.15) is 0 Å². The fraction of sp³-hybridized carbons (Fsp3) is 0.933. The molecule has 2 aliphatic heterocycles. The molecule has 2 aliphatic rings. The molecule has 2 saturated heterocycles. The average Bonchev–Trinajstić information content (AvgIpc) is 2.67. The molecular formula is C15H28N2O2. The van der Waals surface area contributed by atoms with Crippen LogP contribution in [0.1, 0.15) is 46.5 Å². The summed E-state index contributed by atoms with van der Waals surface area (Å²) in [5.41, 5.74) is 0. The molecule has 0 radical (unpaired) electrons. The van der Waals surface area contributed by atoms with E-state index in [1.54, 1.807) is 0 Å². The number of carbonyl (C=O) groups excluding carboxylic acids is 1. The Bertz CT molecular complexity index is 301. The number of hydrogen-bond donors (Lipinski definition) is 1. The van der Waals surface area contributed by atoms with E-state index < -0.39 is 0 Å². The number of amides is 1. The number of nitrogens with zero attached hydrogens (tertiary/aromatic N) is 1. The molecule has 0 bridgehead atoms. The van der Waals surface area contributed by atoms with Gasteiger partial charge in [0.05, 0.1) is 12.2 Å². The van der Waals surface area contributed by atoms with Crippen molar-refractivity contribution in [1.29, 1.82) is 0 Å². The summed E-state index contributed by atoms with van der Waals surface area (Å²) >= 11 is 0. The summed E-state index contributed by atoms with van der Waals surface area (Å²) in [4.78, 5) is 14.5. The third-order valence-electron chi connectivity index (χ3n) is 4.25. The van der Waals surface area contributed by atoms with Crippen LogP contribution in [0.15, 0.2) is 0 Å². The smallest absolute Gasteiger partial charge is 0.241 e. The lowest BCUT2D eigenvalue weighted by Gasteiger charge is -2.31. The highest BCUT2D eigenvalue weighted by molar-refractivity contribution is 5.84. The molecule has 2 atom stereocenters. The van der Waals surface area contributed by atoms with Gasteiger partial charge in [0.25, 0.3) is 0 Å². The van der Waals surface area contributed by atoms with E-state index in [-0.39, 0.29) is 12.2 Å². The highest BCUT2D eigenvalue weighted by atomic mass is 16.5. The van der Waals surface area contributed by atoms with Crippen LogP contribution in [0.4, 0.5) is 0 Å². The van der Waals surface area contributed by atoms with Crippen molar-refractivity contribution in [3.05, 3.63) is 0 Å². The second kappa shape index (κ2) is 6.71. The van der Waals surface area contributed by atoms with Crippen molar-refractivity contribution < 1.29 is 9.53 Å². The zero-order chi connectivity index (χ0) is 13.8. The van der Waals surface area contributed by atoms with Gasteiger partial charge in [-0.3, -0.25) is 10.1 Å². The molecule has 0 aromatic carbocycles. The molecule has 2 unspecified atom stereocenters. The summed E-state index contributed by atoms with van der Waals surface area (Å²) in [6, 6.07) is 0.0311. The predicted octanol–water partition coefficient (Wildman–Crippen LogP) is 2.00. The lowest BCUT2D eigenvalue weighted by molar-refractivity contribution is -0.131. The molecule has 19 heavy (non-hydrogen) atoms. The minimum absolute atomic E-state index is 0.0311. The number of carbonyl (C=O) groups is 1. The van der Waals surface area contributed by atoms with Crippen LogP contribution in [0.25, 0.3) is 0 Å². The SMILES string of the molecule is CCC1NC(CC(C)C)N(CC2CCOCC2)C1=O. The summed E-state index contributed by atoms with van der Waals surface area (Å²) in [5.74, 6) is 1.53. The normalized spacial score (nSPS) is 29.5. The van der Waals surface area contributed by atoms with Crippen molar-refractivity contribution in [1.82, 2.24) is 10.2 Å². The highest BCUT2D eigenvalue weighted by Crippen LogP contribution is 2.24. The van der Waals surface area contributed by atoms with Gasteiger partial charge >= 0.3 is 0 Å². The quantitative estimate of drug-likeness (QED) is 0.829. The molecule has 2 rings (SSSR count). The monoisotopic (exact) mass is 268 g/mol. The maximum Gasteiger partial charge on any atom is 0.241 e. The number of hydrogen-bond acceptors (Lipinski definition) is 3. The van der Waals surface area contributed by atoms with E-state index in [1.165, 1.54) is 0 Å². The van der Waals surface area contributed by atoms with Gasteiger partial charge in [-0.15, -0.1) is 0 Å². The van der Waals surface area contributed by atoms with E-state index in [2.05, 4.69) is 31.0 Å². The van der Waals surface area contributed by atoms with Gasteiger partial charge in [-0.05, 0) is 37.5 Å². The first-order valence-corrected chi connectivity index (χ1v) is 7.76. The van der Waals surface area contributed by atoms with Crippen molar-refractivity contribution in [2.45, 2.75) is 58.7 Å².